The number of aromatic nitrogens is 3. The number of hydrogen-bond donors (Lipinski definition) is 1. The van der Waals surface area contributed by atoms with Crippen LogP contribution in [0.15, 0.2) is 42.0 Å². The van der Waals surface area contributed by atoms with Crippen LogP contribution in [0, 0.1) is 13.8 Å². The molecule has 0 aliphatic heterocycles. The van der Waals surface area contributed by atoms with Crippen LogP contribution >= 0.6 is 22.7 Å². The summed E-state index contributed by atoms with van der Waals surface area (Å²) in [5.74, 6) is 0.764. The number of amides is 1. The summed E-state index contributed by atoms with van der Waals surface area (Å²) in [6.45, 7) is 5.19. The zero-order valence-electron chi connectivity index (χ0n) is 17.2. The SMILES string of the molecule is Cc1csc(CN(C)C(=O)c2sc3ncnc(NCCc4ccccc4)c3c2C)n1. The van der Waals surface area contributed by atoms with Crippen LogP contribution in [0.3, 0.4) is 0 Å². The highest BCUT2D eigenvalue weighted by atomic mass is 32.1. The Morgan fingerprint density at radius 3 is 2.70 bits per heavy atom. The molecular formula is C22H23N5OS2. The zero-order chi connectivity index (χ0) is 21.1. The zero-order valence-corrected chi connectivity index (χ0v) is 18.8. The number of thiophene rings is 1. The Hall–Kier alpha value is -2.84. The predicted molar refractivity (Wildman–Crippen MR) is 123 cm³/mol. The monoisotopic (exact) mass is 437 g/mol. The van der Waals surface area contributed by atoms with Crippen LogP contribution in [-0.4, -0.2) is 39.4 Å². The Labute approximate surface area is 183 Å². The normalized spacial score (nSPS) is 11.0. The Bertz CT molecular complexity index is 1170. The number of nitrogens with one attached hydrogen (secondary N) is 1. The number of anilines is 1. The Morgan fingerprint density at radius 1 is 1.17 bits per heavy atom. The first-order chi connectivity index (χ1) is 14.5. The third kappa shape index (κ3) is 4.34. The van der Waals surface area contributed by atoms with E-state index in [1.807, 2.05) is 44.5 Å². The Morgan fingerprint density at radius 2 is 1.97 bits per heavy atom. The van der Waals surface area contributed by atoms with Crippen LogP contribution < -0.4 is 5.32 Å². The third-order valence-electron chi connectivity index (χ3n) is 4.86. The molecule has 4 aromatic rings. The van der Waals surface area contributed by atoms with Crippen molar-refractivity contribution in [3.8, 4) is 0 Å². The minimum atomic E-state index is -0.0152. The summed E-state index contributed by atoms with van der Waals surface area (Å²) in [5, 5.41) is 7.29. The summed E-state index contributed by atoms with van der Waals surface area (Å²) >= 11 is 3.00. The van der Waals surface area contributed by atoms with Gasteiger partial charge in [0, 0.05) is 24.7 Å². The number of nitrogens with zero attached hydrogens (tertiary/aromatic N) is 4. The number of aryl methyl sites for hydroxylation is 2. The molecule has 1 amide bonds. The van der Waals surface area contributed by atoms with Gasteiger partial charge in [0.15, 0.2) is 0 Å². The lowest BCUT2D eigenvalue weighted by molar-refractivity contribution is 0.0789. The molecule has 0 saturated carbocycles. The van der Waals surface area contributed by atoms with Crippen molar-refractivity contribution in [3.63, 3.8) is 0 Å². The minimum Gasteiger partial charge on any atom is -0.369 e. The van der Waals surface area contributed by atoms with E-state index in [4.69, 9.17) is 0 Å². The number of carbonyl (C=O) groups is 1. The van der Waals surface area contributed by atoms with E-state index in [1.54, 1.807) is 22.6 Å². The van der Waals surface area contributed by atoms with E-state index in [-0.39, 0.29) is 5.91 Å². The van der Waals surface area contributed by atoms with Gasteiger partial charge in [0.2, 0.25) is 0 Å². The standard InChI is InChI=1S/C22H23N5OS2/c1-14-12-29-17(26-14)11-27(3)22(28)19-15(2)18-20(24-13-25-21(18)30-19)23-10-9-16-7-5-4-6-8-16/h4-8,12-13H,9-11H2,1-3H3,(H,23,24,25). The maximum Gasteiger partial charge on any atom is 0.264 e. The molecule has 0 unspecified atom stereocenters. The molecule has 6 nitrogen and oxygen atoms in total. The second kappa shape index (κ2) is 8.89. The summed E-state index contributed by atoms with van der Waals surface area (Å²) in [4.78, 5) is 29.6. The lowest BCUT2D eigenvalue weighted by Crippen LogP contribution is -2.25. The number of carbonyl (C=O) groups excluding carboxylic acids is 1. The second-order valence-electron chi connectivity index (χ2n) is 7.16. The molecule has 1 aromatic carbocycles. The van der Waals surface area contributed by atoms with Crippen molar-refractivity contribution in [2.24, 2.45) is 0 Å². The molecule has 3 aromatic heterocycles. The summed E-state index contributed by atoms with van der Waals surface area (Å²) in [7, 11) is 1.81. The highest BCUT2D eigenvalue weighted by molar-refractivity contribution is 7.20. The highest BCUT2D eigenvalue weighted by Crippen LogP contribution is 2.34. The molecule has 154 valence electrons. The van der Waals surface area contributed by atoms with E-state index < -0.39 is 0 Å². The molecule has 4 rings (SSSR count). The molecule has 0 saturated heterocycles. The van der Waals surface area contributed by atoms with E-state index in [1.165, 1.54) is 16.9 Å². The molecule has 8 heteroatoms. The number of rotatable bonds is 7. The van der Waals surface area contributed by atoms with Gasteiger partial charge in [-0.05, 0) is 31.4 Å². The predicted octanol–water partition coefficient (Wildman–Crippen LogP) is 4.69. The summed E-state index contributed by atoms with van der Waals surface area (Å²) in [6.07, 6.45) is 2.46. The molecule has 0 radical (unpaired) electrons. The molecule has 0 bridgehead atoms. The van der Waals surface area contributed by atoms with Crippen LogP contribution in [-0.2, 0) is 13.0 Å². The fourth-order valence-electron chi connectivity index (χ4n) is 3.30. The number of benzene rings is 1. The molecular weight excluding hydrogens is 414 g/mol. The van der Waals surface area contributed by atoms with Gasteiger partial charge in [-0.1, -0.05) is 30.3 Å². The first kappa shape index (κ1) is 20.4. The molecule has 3 heterocycles. The van der Waals surface area contributed by atoms with E-state index >= 15 is 0 Å². The average molecular weight is 438 g/mol. The van der Waals surface area contributed by atoms with Crippen LogP contribution in [0.5, 0.6) is 0 Å². The molecule has 1 N–H and O–H groups in total. The van der Waals surface area contributed by atoms with Crippen molar-refractivity contribution in [2.75, 3.05) is 18.9 Å². The highest BCUT2D eigenvalue weighted by Gasteiger charge is 2.22. The van der Waals surface area contributed by atoms with Gasteiger partial charge in [0.1, 0.15) is 22.0 Å². The van der Waals surface area contributed by atoms with Gasteiger partial charge in [0.25, 0.3) is 5.91 Å². The smallest absolute Gasteiger partial charge is 0.264 e. The van der Waals surface area contributed by atoms with E-state index in [9.17, 15) is 4.79 Å². The maximum atomic E-state index is 13.1. The van der Waals surface area contributed by atoms with Gasteiger partial charge >= 0.3 is 0 Å². The first-order valence-electron chi connectivity index (χ1n) is 9.71. The maximum absolute atomic E-state index is 13.1. The first-order valence-corrected chi connectivity index (χ1v) is 11.4. The third-order valence-corrected chi connectivity index (χ3v) is 6.99. The number of thiazole rings is 1. The quantitative estimate of drug-likeness (QED) is 0.454. The van der Waals surface area contributed by atoms with Gasteiger partial charge in [-0.15, -0.1) is 22.7 Å². The van der Waals surface area contributed by atoms with Gasteiger partial charge in [-0.2, -0.15) is 0 Å². The molecule has 30 heavy (non-hydrogen) atoms. The van der Waals surface area contributed by atoms with E-state index in [0.717, 1.165) is 45.3 Å². The van der Waals surface area contributed by atoms with Gasteiger partial charge in [-0.3, -0.25) is 4.79 Å². The fraction of sp³-hybridized carbons (Fsp3) is 0.273. The largest absolute Gasteiger partial charge is 0.369 e. The van der Waals surface area contributed by atoms with Crippen molar-refractivity contribution in [3.05, 3.63) is 68.7 Å². The second-order valence-corrected chi connectivity index (χ2v) is 9.11. The lowest BCUT2D eigenvalue weighted by atomic mass is 10.1. The molecule has 0 atom stereocenters. The van der Waals surface area contributed by atoms with Crippen LogP contribution in [0.1, 0.15) is 31.5 Å². The lowest BCUT2D eigenvalue weighted by Gasteiger charge is -2.15. The Kier molecular flexibility index (Phi) is 6.06. The average Bonchev–Trinajstić information content (AvgIpc) is 3.31. The van der Waals surface area contributed by atoms with Crippen LogP contribution in [0.2, 0.25) is 0 Å². The molecule has 0 aliphatic carbocycles. The number of hydrogen-bond acceptors (Lipinski definition) is 7. The van der Waals surface area contributed by atoms with Crippen molar-refractivity contribution >= 4 is 44.6 Å². The van der Waals surface area contributed by atoms with Crippen molar-refractivity contribution in [2.45, 2.75) is 26.8 Å². The summed E-state index contributed by atoms with van der Waals surface area (Å²) < 4.78 is 0. The van der Waals surface area contributed by atoms with Crippen molar-refractivity contribution < 1.29 is 4.79 Å². The number of fused-ring (bicyclic) bond motifs is 1. The van der Waals surface area contributed by atoms with E-state index in [0.29, 0.717) is 11.4 Å². The topological polar surface area (TPSA) is 71.0 Å². The van der Waals surface area contributed by atoms with Gasteiger partial charge in [-0.25, -0.2) is 15.0 Å². The Balaban J connectivity index is 1.53. The van der Waals surface area contributed by atoms with Crippen LogP contribution in [0.4, 0.5) is 5.82 Å². The summed E-state index contributed by atoms with van der Waals surface area (Å²) in [5.41, 5.74) is 3.17. The fourth-order valence-corrected chi connectivity index (χ4v) is 5.27. The molecule has 0 spiro atoms. The van der Waals surface area contributed by atoms with Crippen LogP contribution in [0.25, 0.3) is 10.2 Å². The minimum absolute atomic E-state index is 0.0152. The van der Waals surface area contributed by atoms with E-state index in [2.05, 4.69) is 32.4 Å². The molecule has 0 aliphatic rings. The van der Waals surface area contributed by atoms with Crippen molar-refractivity contribution in [1.82, 2.24) is 19.9 Å². The van der Waals surface area contributed by atoms with Gasteiger partial charge in [0.05, 0.1) is 16.8 Å². The molecule has 0 fully saturated rings. The summed E-state index contributed by atoms with van der Waals surface area (Å²) in [6, 6.07) is 10.3. The van der Waals surface area contributed by atoms with Crippen molar-refractivity contribution in [1.29, 1.82) is 0 Å². The van der Waals surface area contributed by atoms with Gasteiger partial charge < -0.3 is 10.2 Å².